The molecule has 0 aromatic heterocycles. The van der Waals surface area contributed by atoms with Gasteiger partial charge in [-0.1, -0.05) is 67.8 Å². The second-order valence-corrected chi connectivity index (χ2v) is 8.81. The van der Waals surface area contributed by atoms with Gasteiger partial charge in [-0.2, -0.15) is 0 Å². The van der Waals surface area contributed by atoms with Crippen LogP contribution in [0.3, 0.4) is 0 Å². The molecule has 6 heteroatoms. The predicted octanol–water partition coefficient (Wildman–Crippen LogP) is 3.43. The highest BCUT2D eigenvalue weighted by Gasteiger charge is 2.54. The van der Waals surface area contributed by atoms with Crippen LogP contribution in [0, 0.1) is 0 Å². The van der Waals surface area contributed by atoms with E-state index < -0.39 is 17.6 Å². The normalized spacial score (nSPS) is 20.6. The fourth-order valence-corrected chi connectivity index (χ4v) is 5.44. The summed E-state index contributed by atoms with van der Waals surface area (Å²) in [5, 5.41) is 13.6. The van der Waals surface area contributed by atoms with E-state index in [1.807, 2.05) is 59.5 Å². The minimum atomic E-state index is -0.785. The summed E-state index contributed by atoms with van der Waals surface area (Å²) in [6, 6.07) is 16.8. The molecule has 2 aromatic carbocycles. The van der Waals surface area contributed by atoms with Gasteiger partial charge in [0.15, 0.2) is 0 Å². The van der Waals surface area contributed by atoms with E-state index >= 15 is 0 Å². The molecule has 2 amide bonds. The number of aliphatic hydroxyl groups is 1. The molecule has 2 aromatic rings. The number of fused-ring (bicyclic) bond motifs is 1. The zero-order valence-corrected chi connectivity index (χ0v) is 18.6. The van der Waals surface area contributed by atoms with Gasteiger partial charge in [0.2, 0.25) is 5.91 Å². The van der Waals surface area contributed by atoms with E-state index in [0.717, 1.165) is 43.2 Å². The molecule has 4 rings (SSSR count). The van der Waals surface area contributed by atoms with Crippen LogP contribution in [0.1, 0.15) is 65.6 Å². The smallest absolute Gasteiger partial charge is 0.254 e. The Morgan fingerprint density at radius 3 is 2.53 bits per heavy atom. The number of carbonyl (C=O) groups is 2. The van der Waals surface area contributed by atoms with Crippen LogP contribution in [-0.4, -0.2) is 54.2 Å². The van der Waals surface area contributed by atoms with E-state index in [0.29, 0.717) is 18.7 Å². The fraction of sp³-hybridized carbons (Fsp3) is 0.462. The maximum absolute atomic E-state index is 13.7. The Bertz CT molecular complexity index is 940. The Kier molecular flexibility index (Phi) is 6.92. The highest BCUT2D eigenvalue weighted by atomic mass is 16.5. The summed E-state index contributed by atoms with van der Waals surface area (Å²) in [5.74, 6) is -0.631. The van der Waals surface area contributed by atoms with E-state index in [2.05, 4.69) is 5.32 Å². The standard InChI is InChI=1S/C26H32N2O4/c1-32-17-16-28-25(31)21-13-7-6-12-20(21)23(26(28)14-8-3-9-15-26)24(30)27-18-22(29)19-10-4-2-5-11-19/h2,4-7,10-13,22-23,29H,3,8-9,14-18H2,1H3,(H,27,30)/t22-,23-/m1/s1. The molecular weight excluding hydrogens is 404 g/mol. The highest BCUT2D eigenvalue weighted by molar-refractivity contribution is 6.02. The monoisotopic (exact) mass is 436 g/mol. The Labute approximate surface area is 189 Å². The molecule has 1 fully saturated rings. The van der Waals surface area contributed by atoms with Crippen molar-refractivity contribution in [3.63, 3.8) is 0 Å². The van der Waals surface area contributed by atoms with Crippen molar-refractivity contribution in [1.29, 1.82) is 0 Å². The summed E-state index contributed by atoms with van der Waals surface area (Å²) in [6.07, 6.45) is 3.86. The van der Waals surface area contributed by atoms with Crippen LogP contribution in [-0.2, 0) is 9.53 Å². The van der Waals surface area contributed by atoms with E-state index in [1.165, 1.54) is 0 Å². The SMILES string of the molecule is COCCN1C(=O)c2ccccc2[C@H](C(=O)NC[C@@H](O)c2ccccc2)C12CCCCC2. The number of hydrogen-bond donors (Lipinski definition) is 2. The molecule has 2 N–H and O–H groups in total. The van der Waals surface area contributed by atoms with E-state index in [4.69, 9.17) is 4.74 Å². The van der Waals surface area contributed by atoms with Crippen molar-refractivity contribution < 1.29 is 19.4 Å². The van der Waals surface area contributed by atoms with Crippen LogP contribution in [0.2, 0.25) is 0 Å². The number of amides is 2. The number of methoxy groups -OCH3 is 1. The summed E-state index contributed by atoms with van der Waals surface area (Å²) in [5.41, 5.74) is 1.58. The molecule has 1 heterocycles. The maximum atomic E-state index is 13.7. The molecule has 0 bridgehead atoms. The van der Waals surface area contributed by atoms with E-state index in [-0.39, 0.29) is 18.4 Å². The largest absolute Gasteiger partial charge is 0.387 e. The van der Waals surface area contributed by atoms with Crippen LogP contribution >= 0.6 is 0 Å². The number of carbonyl (C=O) groups excluding carboxylic acids is 2. The molecule has 1 aliphatic carbocycles. The fourth-order valence-electron chi connectivity index (χ4n) is 5.44. The lowest BCUT2D eigenvalue weighted by atomic mass is 9.65. The van der Waals surface area contributed by atoms with Crippen molar-refractivity contribution in [2.24, 2.45) is 0 Å². The third-order valence-corrected chi connectivity index (χ3v) is 6.98. The average molecular weight is 437 g/mol. The number of aliphatic hydroxyl groups excluding tert-OH is 1. The summed E-state index contributed by atoms with van der Waals surface area (Å²) in [7, 11) is 1.63. The number of nitrogens with zero attached hydrogens (tertiary/aromatic N) is 1. The zero-order chi connectivity index (χ0) is 22.6. The highest BCUT2D eigenvalue weighted by Crippen LogP contribution is 2.49. The molecule has 0 radical (unpaired) electrons. The van der Waals surface area contributed by atoms with Gasteiger partial charge in [-0.25, -0.2) is 0 Å². The van der Waals surface area contributed by atoms with Crippen molar-refractivity contribution in [2.75, 3.05) is 26.8 Å². The average Bonchev–Trinajstić information content (AvgIpc) is 2.83. The second kappa shape index (κ2) is 9.84. The molecule has 1 spiro atoms. The second-order valence-electron chi connectivity index (χ2n) is 8.81. The molecule has 1 aliphatic heterocycles. The van der Waals surface area contributed by atoms with Gasteiger partial charge in [-0.15, -0.1) is 0 Å². The number of benzene rings is 2. The van der Waals surface area contributed by atoms with E-state index in [1.54, 1.807) is 7.11 Å². The van der Waals surface area contributed by atoms with Crippen molar-refractivity contribution in [3.8, 4) is 0 Å². The van der Waals surface area contributed by atoms with Gasteiger partial charge in [0, 0.05) is 25.8 Å². The minimum absolute atomic E-state index is 0.0204. The molecular formula is C26H32N2O4. The van der Waals surface area contributed by atoms with Crippen LogP contribution in [0.4, 0.5) is 0 Å². The van der Waals surface area contributed by atoms with Gasteiger partial charge >= 0.3 is 0 Å². The van der Waals surface area contributed by atoms with Crippen molar-refractivity contribution in [3.05, 3.63) is 71.3 Å². The van der Waals surface area contributed by atoms with Gasteiger partial charge in [0.1, 0.15) is 0 Å². The lowest BCUT2D eigenvalue weighted by Gasteiger charge is -2.53. The summed E-state index contributed by atoms with van der Waals surface area (Å²) >= 11 is 0. The Balaban J connectivity index is 1.67. The number of ether oxygens (including phenoxy) is 1. The van der Waals surface area contributed by atoms with E-state index in [9.17, 15) is 14.7 Å². The van der Waals surface area contributed by atoms with Gasteiger partial charge in [-0.05, 0) is 30.0 Å². The maximum Gasteiger partial charge on any atom is 0.254 e. The minimum Gasteiger partial charge on any atom is -0.387 e. The first-order valence-electron chi connectivity index (χ1n) is 11.5. The van der Waals surface area contributed by atoms with Crippen LogP contribution < -0.4 is 5.32 Å². The Morgan fingerprint density at radius 1 is 1.12 bits per heavy atom. The number of hydrogen-bond acceptors (Lipinski definition) is 4. The quantitative estimate of drug-likeness (QED) is 0.697. The summed E-state index contributed by atoms with van der Waals surface area (Å²) in [6.45, 7) is 1.01. The first-order chi connectivity index (χ1) is 15.6. The first-order valence-corrected chi connectivity index (χ1v) is 11.5. The molecule has 0 unspecified atom stereocenters. The van der Waals surface area contributed by atoms with Crippen molar-refractivity contribution in [2.45, 2.75) is 49.7 Å². The van der Waals surface area contributed by atoms with Crippen LogP contribution in [0.5, 0.6) is 0 Å². The topological polar surface area (TPSA) is 78.9 Å². The van der Waals surface area contributed by atoms with Gasteiger partial charge in [0.05, 0.1) is 24.2 Å². The number of nitrogens with one attached hydrogen (secondary N) is 1. The molecule has 170 valence electrons. The van der Waals surface area contributed by atoms with Gasteiger partial charge < -0.3 is 20.1 Å². The first kappa shape index (κ1) is 22.5. The van der Waals surface area contributed by atoms with Crippen LogP contribution in [0.15, 0.2) is 54.6 Å². The van der Waals surface area contributed by atoms with Gasteiger partial charge in [0.25, 0.3) is 5.91 Å². The zero-order valence-electron chi connectivity index (χ0n) is 18.6. The van der Waals surface area contributed by atoms with Crippen molar-refractivity contribution >= 4 is 11.8 Å². The van der Waals surface area contributed by atoms with Gasteiger partial charge in [-0.3, -0.25) is 9.59 Å². The molecule has 32 heavy (non-hydrogen) atoms. The molecule has 6 nitrogen and oxygen atoms in total. The summed E-state index contributed by atoms with van der Waals surface area (Å²) < 4.78 is 5.31. The molecule has 2 aliphatic rings. The molecule has 2 atom stereocenters. The lowest BCUT2D eigenvalue weighted by Crippen LogP contribution is -2.63. The third-order valence-electron chi connectivity index (χ3n) is 6.98. The Morgan fingerprint density at radius 2 is 1.81 bits per heavy atom. The number of rotatable bonds is 7. The lowest BCUT2D eigenvalue weighted by molar-refractivity contribution is -0.128. The Hall–Kier alpha value is -2.70. The van der Waals surface area contributed by atoms with Crippen molar-refractivity contribution in [1.82, 2.24) is 10.2 Å². The third kappa shape index (κ3) is 4.17. The predicted molar refractivity (Wildman–Crippen MR) is 122 cm³/mol. The molecule has 0 saturated heterocycles. The summed E-state index contributed by atoms with van der Waals surface area (Å²) in [4.78, 5) is 29.1. The van der Waals surface area contributed by atoms with Crippen LogP contribution in [0.25, 0.3) is 0 Å². The molecule has 1 saturated carbocycles.